The van der Waals surface area contributed by atoms with E-state index in [0.29, 0.717) is 0 Å². The van der Waals surface area contributed by atoms with E-state index in [4.69, 9.17) is 0 Å². The van der Waals surface area contributed by atoms with Crippen LogP contribution in [0.1, 0.15) is 53.4 Å². The smallest absolute Gasteiger partial charge is 0.0767 e. The van der Waals surface area contributed by atoms with Gasteiger partial charge in [0.05, 0.1) is 5.60 Å². The van der Waals surface area contributed by atoms with Gasteiger partial charge in [0.25, 0.3) is 0 Å². The predicted molar refractivity (Wildman–Crippen MR) is 67.0 cm³/mol. The number of nitrogens with one attached hydrogen (secondary N) is 1. The summed E-state index contributed by atoms with van der Waals surface area (Å²) in [6, 6.07) is 0. The van der Waals surface area contributed by atoms with E-state index >= 15 is 0 Å². The fraction of sp³-hybridized carbons (Fsp3) is 0.846. The Hall–Kier alpha value is -0.340. The van der Waals surface area contributed by atoms with Crippen LogP contribution in [-0.4, -0.2) is 22.8 Å². The zero-order chi connectivity index (χ0) is 11.9. The van der Waals surface area contributed by atoms with Gasteiger partial charge in [-0.05, 0) is 53.5 Å². The van der Waals surface area contributed by atoms with Gasteiger partial charge in [-0.25, -0.2) is 0 Å². The van der Waals surface area contributed by atoms with Gasteiger partial charge in [-0.15, -0.1) is 6.58 Å². The molecular weight excluding hydrogens is 186 g/mol. The maximum absolute atomic E-state index is 9.91. The van der Waals surface area contributed by atoms with Gasteiger partial charge in [0.2, 0.25) is 0 Å². The lowest BCUT2D eigenvalue weighted by atomic mass is 9.86. The van der Waals surface area contributed by atoms with Gasteiger partial charge < -0.3 is 10.4 Å². The van der Waals surface area contributed by atoms with Crippen LogP contribution in [0.25, 0.3) is 0 Å². The van der Waals surface area contributed by atoms with Gasteiger partial charge in [-0.3, -0.25) is 0 Å². The van der Waals surface area contributed by atoms with Crippen LogP contribution in [0, 0.1) is 0 Å². The normalized spacial score (nSPS) is 12.9. The Morgan fingerprint density at radius 1 is 1.13 bits per heavy atom. The summed E-state index contributed by atoms with van der Waals surface area (Å²) in [5.41, 5.74) is -0.917. The van der Waals surface area contributed by atoms with Gasteiger partial charge in [-0.2, -0.15) is 0 Å². The van der Waals surface area contributed by atoms with Crippen molar-refractivity contribution in [2.45, 2.75) is 64.5 Å². The van der Waals surface area contributed by atoms with Crippen LogP contribution < -0.4 is 5.32 Å². The fourth-order valence-corrected chi connectivity index (χ4v) is 1.21. The van der Waals surface area contributed by atoms with Crippen LogP contribution in [0.5, 0.6) is 0 Å². The molecular formula is C13H27NO. The van der Waals surface area contributed by atoms with E-state index in [0.717, 1.165) is 19.4 Å². The predicted octanol–water partition coefficient (Wildman–Crippen LogP) is 2.87. The van der Waals surface area contributed by atoms with Crippen molar-refractivity contribution < 1.29 is 5.11 Å². The van der Waals surface area contributed by atoms with E-state index in [9.17, 15) is 5.11 Å². The molecule has 0 amide bonds. The summed E-state index contributed by atoms with van der Waals surface area (Å²) < 4.78 is 0. The third-order valence-electron chi connectivity index (χ3n) is 3.18. The highest BCUT2D eigenvalue weighted by atomic mass is 16.3. The molecule has 0 heterocycles. The Balaban J connectivity index is 3.62. The lowest BCUT2D eigenvalue weighted by Gasteiger charge is -2.38. The lowest BCUT2D eigenvalue weighted by molar-refractivity contribution is -0.00441. The highest BCUT2D eigenvalue weighted by Crippen LogP contribution is 2.20. The van der Waals surface area contributed by atoms with Gasteiger partial charge in [0, 0.05) is 5.54 Å². The van der Waals surface area contributed by atoms with Crippen molar-refractivity contribution in [2.75, 3.05) is 6.54 Å². The molecule has 0 aromatic rings. The van der Waals surface area contributed by atoms with Crippen molar-refractivity contribution in [3.8, 4) is 0 Å². The van der Waals surface area contributed by atoms with Crippen LogP contribution in [0.2, 0.25) is 0 Å². The van der Waals surface area contributed by atoms with Crippen LogP contribution >= 0.6 is 0 Å². The molecule has 2 heteroatoms. The molecule has 0 aliphatic rings. The van der Waals surface area contributed by atoms with E-state index in [1.165, 1.54) is 12.8 Å². The molecule has 0 bridgehead atoms. The van der Waals surface area contributed by atoms with Crippen LogP contribution in [0.15, 0.2) is 12.7 Å². The van der Waals surface area contributed by atoms with Gasteiger partial charge in [0.1, 0.15) is 0 Å². The third kappa shape index (κ3) is 5.95. The number of allylic oxidation sites excluding steroid dienone is 1. The Bertz CT molecular complexity index is 179. The van der Waals surface area contributed by atoms with Gasteiger partial charge >= 0.3 is 0 Å². The first-order valence-corrected chi connectivity index (χ1v) is 5.89. The van der Waals surface area contributed by atoms with Gasteiger partial charge in [-0.1, -0.05) is 12.5 Å². The molecule has 0 aromatic heterocycles. The molecule has 0 fully saturated rings. The Kier molecular flexibility index (Phi) is 6.15. The molecule has 90 valence electrons. The third-order valence-corrected chi connectivity index (χ3v) is 3.18. The molecule has 0 rings (SSSR count). The summed E-state index contributed by atoms with van der Waals surface area (Å²) in [6.07, 6.45) is 6.67. The fourth-order valence-electron chi connectivity index (χ4n) is 1.21. The molecule has 0 aromatic carbocycles. The van der Waals surface area contributed by atoms with Crippen LogP contribution in [-0.2, 0) is 0 Å². The SMILES string of the molecule is C=CCCCCCNC(C)(C)C(C)(C)O. The molecule has 2 nitrogen and oxygen atoms in total. The zero-order valence-corrected chi connectivity index (χ0v) is 10.8. The maximum atomic E-state index is 9.91. The van der Waals surface area contributed by atoms with Crippen LogP contribution in [0.3, 0.4) is 0 Å². The summed E-state index contributed by atoms with van der Waals surface area (Å²) in [5.74, 6) is 0. The lowest BCUT2D eigenvalue weighted by Crippen LogP contribution is -2.56. The molecule has 0 saturated carbocycles. The largest absolute Gasteiger partial charge is 0.389 e. The summed E-state index contributed by atoms with van der Waals surface area (Å²) in [6.45, 7) is 12.4. The second-order valence-corrected chi connectivity index (χ2v) is 5.25. The number of unbranched alkanes of at least 4 members (excludes halogenated alkanes) is 3. The Labute approximate surface area is 94.8 Å². The minimum absolute atomic E-state index is 0.231. The molecule has 0 spiro atoms. The van der Waals surface area contributed by atoms with E-state index in [-0.39, 0.29) is 5.54 Å². The monoisotopic (exact) mass is 213 g/mol. The van der Waals surface area contributed by atoms with Gasteiger partial charge in [0.15, 0.2) is 0 Å². The maximum Gasteiger partial charge on any atom is 0.0767 e. The van der Waals surface area contributed by atoms with Crippen molar-refractivity contribution >= 4 is 0 Å². The molecule has 0 aliphatic carbocycles. The molecule has 2 N–H and O–H groups in total. The Morgan fingerprint density at radius 3 is 2.20 bits per heavy atom. The van der Waals surface area contributed by atoms with E-state index < -0.39 is 5.60 Å². The quantitative estimate of drug-likeness (QED) is 0.480. The van der Waals surface area contributed by atoms with E-state index in [1.54, 1.807) is 0 Å². The molecule has 0 saturated heterocycles. The molecule has 15 heavy (non-hydrogen) atoms. The zero-order valence-electron chi connectivity index (χ0n) is 10.8. The summed E-state index contributed by atoms with van der Waals surface area (Å²) in [5, 5.41) is 13.3. The highest BCUT2D eigenvalue weighted by molar-refractivity contribution is 4.93. The first-order chi connectivity index (χ1) is 6.81. The van der Waals surface area contributed by atoms with Crippen molar-refractivity contribution in [1.82, 2.24) is 5.32 Å². The van der Waals surface area contributed by atoms with Crippen LogP contribution in [0.4, 0.5) is 0 Å². The summed E-state index contributed by atoms with van der Waals surface area (Å²) in [4.78, 5) is 0. The van der Waals surface area contributed by atoms with Crippen molar-refractivity contribution in [1.29, 1.82) is 0 Å². The average Bonchev–Trinajstić information content (AvgIpc) is 2.09. The second-order valence-electron chi connectivity index (χ2n) is 5.25. The Morgan fingerprint density at radius 2 is 1.73 bits per heavy atom. The average molecular weight is 213 g/mol. The van der Waals surface area contributed by atoms with Crippen molar-refractivity contribution in [2.24, 2.45) is 0 Å². The molecule has 0 radical (unpaired) electrons. The molecule has 0 aliphatic heterocycles. The minimum atomic E-state index is -0.686. The first kappa shape index (κ1) is 14.7. The van der Waals surface area contributed by atoms with E-state index in [1.807, 2.05) is 33.8 Å². The number of hydrogen-bond acceptors (Lipinski definition) is 2. The molecule has 0 atom stereocenters. The highest BCUT2D eigenvalue weighted by Gasteiger charge is 2.33. The summed E-state index contributed by atoms with van der Waals surface area (Å²) >= 11 is 0. The van der Waals surface area contributed by atoms with Crippen molar-refractivity contribution in [3.63, 3.8) is 0 Å². The molecule has 0 unspecified atom stereocenters. The number of rotatable bonds is 8. The van der Waals surface area contributed by atoms with Crippen molar-refractivity contribution in [3.05, 3.63) is 12.7 Å². The minimum Gasteiger partial charge on any atom is -0.389 e. The summed E-state index contributed by atoms with van der Waals surface area (Å²) in [7, 11) is 0. The number of hydrogen-bond donors (Lipinski definition) is 2. The first-order valence-electron chi connectivity index (χ1n) is 5.89. The standard InChI is InChI=1S/C13H27NO/c1-6-7-8-9-10-11-14-12(2,3)13(4,5)15/h6,14-15H,1,7-11H2,2-5H3. The second kappa shape index (κ2) is 6.29. The topological polar surface area (TPSA) is 32.3 Å². The number of aliphatic hydroxyl groups is 1. The van der Waals surface area contributed by atoms with E-state index in [2.05, 4.69) is 11.9 Å².